The molecule has 130 valence electrons. The molecular formula is C19H20IN3O2. The molecule has 0 spiro atoms. The summed E-state index contributed by atoms with van der Waals surface area (Å²) >= 11 is 2.12. The van der Waals surface area contributed by atoms with Crippen molar-refractivity contribution in [2.75, 3.05) is 6.61 Å². The molecule has 5 nitrogen and oxygen atoms in total. The molecule has 0 bridgehead atoms. The highest BCUT2D eigenvalue weighted by Gasteiger charge is 2.23. The number of aryl methyl sites for hydroxylation is 1. The number of carbonyl (C=O) groups excluding carboxylic acids is 1. The lowest BCUT2D eigenvalue weighted by Crippen LogP contribution is -2.07. The van der Waals surface area contributed by atoms with Gasteiger partial charge in [-0.2, -0.15) is 5.10 Å². The second-order valence-corrected chi connectivity index (χ2v) is 7.31. The highest BCUT2D eigenvalue weighted by Crippen LogP contribution is 2.30. The van der Waals surface area contributed by atoms with E-state index in [0.717, 1.165) is 26.0 Å². The van der Waals surface area contributed by atoms with Gasteiger partial charge in [-0.25, -0.2) is 14.5 Å². The third-order valence-electron chi connectivity index (χ3n) is 3.92. The minimum atomic E-state index is -0.335. The lowest BCUT2D eigenvalue weighted by atomic mass is 10.0. The first-order valence-corrected chi connectivity index (χ1v) is 9.33. The molecule has 3 aromatic rings. The number of nitrogens with zero attached hydrogens (tertiary/aromatic N) is 3. The third-order valence-corrected chi connectivity index (χ3v) is 4.47. The van der Waals surface area contributed by atoms with E-state index in [1.165, 1.54) is 0 Å². The Balaban J connectivity index is 2.36. The first-order chi connectivity index (χ1) is 11.9. The molecular weight excluding hydrogens is 429 g/mol. The second-order valence-electron chi connectivity index (χ2n) is 6.20. The van der Waals surface area contributed by atoms with E-state index in [1.807, 2.05) is 29.8 Å². The average Bonchev–Trinajstić information content (AvgIpc) is 2.93. The lowest BCUT2D eigenvalue weighted by Gasteiger charge is -2.07. The van der Waals surface area contributed by atoms with Crippen molar-refractivity contribution in [1.82, 2.24) is 14.8 Å². The van der Waals surface area contributed by atoms with Crippen molar-refractivity contribution >= 4 is 39.6 Å². The van der Waals surface area contributed by atoms with Gasteiger partial charge in [0.25, 0.3) is 0 Å². The van der Waals surface area contributed by atoms with Crippen LogP contribution < -0.4 is 0 Å². The van der Waals surface area contributed by atoms with Crippen molar-refractivity contribution < 1.29 is 9.53 Å². The number of fused-ring (bicyclic) bond motifs is 1. The van der Waals surface area contributed by atoms with Crippen LogP contribution >= 0.6 is 22.6 Å². The zero-order chi connectivity index (χ0) is 18.1. The molecule has 25 heavy (non-hydrogen) atoms. The smallest absolute Gasteiger partial charge is 0.339 e. The van der Waals surface area contributed by atoms with Crippen molar-refractivity contribution in [1.29, 1.82) is 0 Å². The molecule has 2 aromatic heterocycles. The highest BCUT2D eigenvalue weighted by molar-refractivity contribution is 14.1. The van der Waals surface area contributed by atoms with E-state index in [-0.39, 0.29) is 11.9 Å². The van der Waals surface area contributed by atoms with Gasteiger partial charge >= 0.3 is 5.97 Å². The van der Waals surface area contributed by atoms with Crippen LogP contribution in [0.1, 0.15) is 48.3 Å². The van der Waals surface area contributed by atoms with E-state index in [1.54, 1.807) is 13.0 Å². The molecule has 1 aromatic carbocycles. The van der Waals surface area contributed by atoms with E-state index < -0.39 is 0 Å². The number of halogens is 1. The molecule has 0 aliphatic carbocycles. The highest BCUT2D eigenvalue weighted by atomic mass is 127. The van der Waals surface area contributed by atoms with Gasteiger partial charge in [-0.1, -0.05) is 26.0 Å². The van der Waals surface area contributed by atoms with Crippen LogP contribution in [0.4, 0.5) is 0 Å². The van der Waals surface area contributed by atoms with Crippen LogP contribution in [0, 0.1) is 10.6 Å². The molecule has 6 heteroatoms. The summed E-state index contributed by atoms with van der Waals surface area (Å²) in [5.41, 5.74) is 4.14. The van der Waals surface area contributed by atoms with Gasteiger partial charge in [-0.3, -0.25) is 0 Å². The van der Waals surface area contributed by atoms with Crippen LogP contribution in [-0.4, -0.2) is 27.3 Å². The largest absolute Gasteiger partial charge is 0.462 e. The Kier molecular flexibility index (Phi) is 5.08. The van der Waals surface area contributed by atoms with Gasteiger partial charge < -0.3 is 4.74 Å². The standard InChI is InChI=1S/C19H20IN3O2/c1-5-25-19(24)14-10-15(20)21-18-16(14)17(11(2)3)22-23(18)13-8-6-7-12(4)9-13/h6-11H,5H2,1-4H3. The first kappa shape index (κ1) is 17.8. The Bertz CT molecular complexity index is 947. The van der Waals surface area contributed by atoms with Crippen molar-refractivity contribution in [3.05, 3.63) is 50.9 Å². The van der Waals surface area contributed by atoms with Gasteiger partial charge in [-0.05, 0) is 66.1 Å². The molecule has 0 unspecified atom stereocenters. The first-order valence-electron chi connectivity index (χ1n) is 8.25. The molecule has 0 aliphatic heterocycles. The SMILES string of the molecule is CCOC(=O)c1cc(I)nc2c1c(C(C)C)nn2-c1cccc(C)c1. The van der Waals surface area contributed by atoms with Crippen LogP contribution in [0.25, 0.3) is 16.7 Å². The number of ether oxygens (including phenoxy) is 1. The third kappa shape index (κ3) is 3.40. The molecule has 0 saturated carbocycles. The number of rotatable bonds is 4. The van der Waals surface area contributed by atoms with Crippen LogP contribution in [0.2, 0.25) is 0 Å². The quantitative estimate of drug-likeness (QED) is 0.331. The lowest BCUT2D eigenvalue weighted by molar-refractivity contribution is 0.0528. The van der Waals surface area contributed by atoms with Gasteiger partial charge in [0, 0.05) is 0 Å². The minimum Gasteiger partial charge on any atom is -0.462 e. The monoisotopic (exact) mass is 449 g/mol. The Morgan fingerprint density at radius 3 is 2.72 bits per heavy atom. The topological polar surface area (TPSA) is 57.0 Å². The zero-order valence-electron chi connectivity index (χ0n) is 14.7. The minimum absolute atomic E-state index is 0.156. The fourth-order valence-electron chi connectivity index (χ4n) is 2.83. The Morgan fingerprint density at radius 2 is 2.08 bits per heavy atom. The van der Waals surface area contributed by atoms with Gasteiger partial charge in [0.1, 0.15) is 3.70 Å². The Hall–Kier alpha value is -1.96. The normalized spacial score (nSPS) is 11.3. The van der Waals surface area contributed by atoms with Crippen LogP contribution in [0.5, 0.6) is 0 Å². The van der Waals surface area contributed by atoms with E-state index in [2.05, 4.69) is 47.5 Å². The summed E-state index contributed by atoms with van der Waals surface area (Å²) in [7, 11) is 0. The van der Waals surface area contributed by atoms with Crippen molar-refractivity contribution in [2.24, 2.45) is 0 Å². The fraction of sp³-hybridized carbons (Fsp3) is 0.316. The van der Waals surface area contributed by atoms with Gasteiger partial charge in [0.15, 0.2) is 5.65 Å². The van der Waals surface area contributed by atoms with E-state index in [9.17, 15) is 4.79 Å². The summed E-state index contributed by atoms with van der Waals surface area (Å²) in [6.45, 7) is 8.31. The summed E-state index contributed by atoms with van der Waals surface area (Å²) in [4.78, 5) is 17.2. The van der Waals surface area contributed by atoms with Crippen LogP contribution in [0.3, 0.4) is 0 Å². The Labute approximate surface area is 160 Å². The molecule has 0 aliphatic rings. The van der Waals surface area contributed by atoms with E-state index >= 15 is 0 Å². The summed E-state index contributed by atoms with van der Waals surface area (Å²) in [6.07, 6.45) is 0. The Morgan fingerprint density at radius 1 is 1.32 bits per heavy atom. The predicted molar refractivity (Wildman–Crippen MR) is 106 cm³/mol. The van der Waals surface area contributed by atoms with Crippen molar-refractivity contribution in [2.45, 2.75) is 33.6 Å². The average molecular weight is 449 g/mol. The molecule has 0 atom stereocenters. The molecule has 0 amide bonds. The van der Waals surface area contributed by atoms with E-state index in [4.69, 9.17) is 9.84 Å². The number of pyridine rings is 1. The number of hydrogen-bond donors (Lipinski definition) is 0. The van der Waals surface area contributed by atoms with Crippen LogP contribution in [0.15, 0.2) is 30.3 Å². The molecule has 3 rings (SSSR count). The maximum Gasteiger partial charge on any atom is 0.339 e. The summed E-state index contributed by atoms with van der Waals surface area (Å²) in [5.74, 6) is -0.179. The molecule has 0 radical (unpaired) electrons. The van der Waals surface area contributed by atoms with E-state index in [0.29, 0.717) is 17.8 Å². The predicted octanol–water partition coefficient (Wildman–Crippen LogP) is 4.63. The zero-order valence-corrected chi connectivity index (χ0v) is 16.9. The maximum atomic E-state index is 12.5. The molecule has 0 fully saturated rings. The summed E-state index contributed by atoms with van der Waals surface area (Å²) in [6, 6.07) is 9.86. The number of aromatic nitrogens is 3. The van der Waals surface area contributed by atoms with Crippen molar-refractivity contribution in [3.8, 4) is 5.69 Å². The second kappa shape index (κ2) is 7.11. The fourth-order valence-corrected chi connectivity index (χ4v) is 3.37. The molecule has 0 saturated heterocycles. The number of benzene rings is 1. The van der Waals surface area contributed by atoms with Crippen molar-refractivity contribution in [3.63, 3.8) is 0 Å². The summed E-state index contributed by atoms with van der Waals surface area (Å²) < 4.78 is 7.81. The number of esters is 1. The van der Waals surface area contributed by atoms with Crippen LogP contribution in [-0.2, 0) is 4.74 Å². The van der Waals surface area contributed by atoms with Gasteiger partial charge in [-0.15, -0.1) is 0 Å². The maximum absolute atomic E-state index is 12.5. The molecule has 2 heterocycles. The van der Waals surface area contributed by atoms with Gasteiger partial charge in [0.2, 0.25) is 0 Å². The van der Waals surface area contributed by atoms with Gasteiger partial charge in [0.05, 0.1) is 28.9 Å². The number of hydrogen-bond acceptors (Lipinski definition) is 4. The summed E-state index contributed by atoms with van der Waals surface area (Å²) in [5, 5.41) is 5.56. The number of carbonyl (C=O) groups is 1. The molecule has 0 N–H and O–H groups in total.